The van der Waals surface area contributed by atoms with Gasteiger partial charge in [0, 0.05) is 0 Å². The summed E-state index contributed by atoms with van der Waals surface area (Å²) >= 11 is 0. The van der Waals surface area contributed by atoms with Crippen molar-refractivity contribution in [1.29, 1.82) is 0 Å². The molecule has 0 aromatic heterocycles. The van der Waals surface area contributed by atoms with Crippen molar-refractivity contribution in [2.75, 3.05) is 0 Å². The van der Waals surface area contributed by atoms with Gasteiger partial charge in [-0.15, -0.1) is 0 Å². The number of hydrogen-bond acceptors (Lipinski definition) is 1. The molecule has 0 aliphatic heterocycles. The van der Waals surface area contributed by atoms with Gasteiger partial charge in [0.25, 0.3) is 0 Å². The summed E-state index contributed by atoms with van der Waals surface area (Å²) in [4.78, 5) is 0. The van der Waals surface area contributed by atoms with Crippen molar-refractivity contribution >= 4 is 0 Å². The fraction of sp³-hybridized carbons (Fsp3) is 0.750. The van der Waals surface area contributed by atoms with Crippen LogP contribution >= 0.6 is 0 Å². The molecule has 0 amide bonds. The van der Waals surface area contributed by atoms with E-state index in [1.165, 1.54) is 64.2 Å². The second-order valence-electron chi connectivity index (χ2n) is 8.00. The van der Waals surface area contributed by atoms with Crippen LogP contribution in [-0.4, -0.2) is 12.2 Å². The molecule has 1 aliphatic rings. The molecule has 0 unspecified atom stereocenters. The van der Waals surface area contributed by atoms with E-state index in [1.54, 1.807) is 0 Å². The van der Waals surface area contributed by atoms with Gasteiger partial charge in [-0.1, -0.05) is 76.3 Å². The largest absolute Gasteiger partial charge is 0.490 e. The van der Waals surface area contributed by atoms with E-state index in [0.717, 1.165) is 44.3 Å². The number of benzene rings is 1. The van der Waals surface area contributed by atoms with Crippen molar-refractivity contribution in [3.8, 4) is 5.75 Å². The molecule has 0 N–H and O–H groups in total. The number of hydrogen-bond donors (Lipinski definition) is 0. The molecule has 1 aromatic carbocycles. The van der Waals surface area contributed by atoms with Crippen LogP contribution in [0.1, 0.15) is 103 Å². The molecule has 2 radical (unpaired) electrons. The Morgan fingerprint density at radius 1 is 0.731 bits per heavy atom. The molecular weight excluding hydrogens is 320 g/mol. The van der Waals surface area contributed by atoms with Gasteiger partial charge < -0.3 is 4.74 Å². The van der Waals surface area contributed by atoms with E-state index >= 15 is 0 Å². The van der Waals surface area contributed by atoms with Gasteiger partial charge in [0.05, 0.1) is 12.2 Å². The van der Waals surface area contributed by atoms with Crippen molar-refractivity contribution in [3.63, 3.8) is 0 Å². The zero-order valence-electron chi connectivity index (χ0n) is 16.6. The lowest BCUT2D eigenvalue weighted by Gasteiger charge is -2.19. The van der Waals surface area contributed by atoms with Gasteiger partial charge >= 0.3 is 0 Å². The van der Waals surface area contributed by atoms with Gasteiger partial charge in [0.2, 0.25) is 0 Å². The molecule has 1 saturated carbocycles. The molecule has 0 spiro atoms. The van der Waals surface area contributed by atoms with E-state index in [1.807, 2.05) is 24.3 Å². The van der Waals surface area contributed by atoms with Gasteiger partial charge in [-0.25, -0.2) is 5.11 Å². The second-order valence-corrected chi connectivity index (χ2v) is 8.00. The molecule has 1 aromatic rings. The maximum atomic E-state index is 11.9. The van der Waals surface area contributed by atoms with E-state index < -0.39 is 0 Å². The first-order chi connectivity index (χ1) is 12.8. The molecule has 0 atom stereocenters. The third kappa shape index (κ3) is 10.2. The fourth-order valence-corrected chi connectivity index (χ4v) is 3.95. The van der Waals surface area contributed by atoms with Gasteiger partial charge in [0.1, 0.15) is 5.75 Å². The summed E-state index contributed by atoms with van der Waals surface area (Å²) < 4.78 is 6.24. The zero-order chi connectivity index (χ0) is 18.3. The molecular formula is C24H38O2. The highest BCUT2D eigenvalue weighted by atomic mass is 16.5. The highest BCUT2D eigenvalue weighted by Crippen LogP contribution is 2.21. The smallest absolute Gasteiger partial charge is 0.120 e. The highest BCUT2D eigenvalue weighted by Gasteiger charge is 2.11. The minimum Gasteiger partial charge on any atom is -0.490 e. The van der Waals surface area contributed by atoms with Crippen molar-refractivity contribution in [1.82, 2.24) is 0 Å². The van der Waals surface area contributed by atoms with E-state index in [9.17, 15) is 5.11 Å². The summed E-state index contributed by atoms with van der Waals surface area (Å²) in [6.07, 6.45) is 19.2. The Hall–Kier alpha value is -1.02. The molecule has 2 rings (SSSR count). The van der Waals surface area contributed by atoms with Crippen molar-refractivity contribution in [2.24, 2.45) is 0 Å². The SMILES string of the molecule is [O]C1CCCCCCCCC(Oc2c[c]ccc2)CCCCCCCC1. The van der Waals surface area contributed by atoms with E-state index in [2.05, 4.69) is 6.07 Å². The molecule has 0 bridgehead atoms. The summed E-state index contributed by atoms with van der Waals surface area (Å²) in [5.41, 5.74) is 0. The molecule has 1 fully saturated rings. The van der Waals surface area contributed by atoms with E-state index in [0.29, 0.717) is 6.10 Å². The van der Waals surface area contributed by atoms with Crippen LogP contribution in [0, 0.1) is 6.07 Å². The molecule has 26 heavy (non-hydrogen) atoms. The Kier molecular flexibility index (Phi) is 11.5. The Balaban J connectivity index is 1.75. The number of ether oxygens (including phenoxy) is 1. The quantitative estimate of drug-likeness (QED) is 0.545. The Morgan fingerprint density at radius 2 is 1.23 bits per heavy atom. The lowest BCUT2D eigenvalue weighted by atomic mass is 9.99. The molecule has 2 nitrogen and oxygen atoms in total. The summed E-state index contributed by atoms with van der Waals surface area (Å²) in [5, 5.41) is 11.9. The maximum absolute atomic E-state index is 11.9. The summed E-state index contributed by atoms with van der Waals surface area (Å²) in [5.74, 6) is 0.965. The molecule has 0 heterocycles. The average molecular weight is 359 g/mol. The van der Waals surface area contributed by atoms with Gasteiger partial charge in [0.15, 0.2) is 0 Å². The molecule has 0 saturated heterocycles. The van der Waals surface area contributed by atoms with Crippen LogP contribution in [0.25, 0.3) is 0 Å². The predicted molar refractivity (Wildman–Crippen MR) is 108 cm³/mol. The van der Waals surface area contributed by atoms with Gasteiger partial charge in [-0.3, -0.25) is 0 Å². The minimum absolute atomic E-state index is 0.304. The summed E-state index contributed by atoms with van der Waals surface area (Å²) in [6.45, 7) is 0. The second kappa shape index (κ2) is 14.1. The first-order valence-electron chi connectivity index (χ1n) is 11.1. The van der Waals surface area contributed by atoms with E-state index in [-0.39, 0.29) is 6.10 Å². The normalized spacial score (nSPS) is 25.7. The lowest BCUT2D eigenvalue weighted by molar-refractivity contribution is 0.0688. The standard InChI is InChI=1S/C24H38O2/c25-22-16-10-5-1-3-7-12-18-23(26-24-20-14-9-15-21-24)19-13-8-4-2-6-11-17-22/h9,14,20-23H,1-8,10-13,16-19H2. The van der Waals surface area contributed by atoms with Crippen molar-refractivity contribution < 1.29 is 9.84 Å². The monoisotopic (exact) mass is 358 g/mol. The average Bonchev–Trinajstić information content (AvgIpc) is 2.65. The van der Waals surface area contributed by atoms with Crippen LogP contribution < -0.4 is 4.74 Å². The van der Waals surface area contributed by atoms with Gasteiger partial charge in [-0.05, 0) is 56.7 Å². The topological polar surface area (TPSA) is 29.1 Å². The number of rotatable bonds is 2. The van der Waals surface area contributed by atoms with E-state index in [4.69, 9.17) is 4.74 Å². The first-order valence-corrected chi connectivity index (χ1v) is 11.1. The fourth-order valence-electron chi connectivity index (χ4n) is 3.95. The Labute approximate surface area is 161 Å². The van der Waals surface area contributed by atoms with Crippen LogP contribution in [0.15, 0.2) is 24.3 Å². The zero-order valence-corrected chi connectivity index (χ0v) is 16.6. The molecule has 1 aliphatic carbocycles. The Morgan fingerprint density at radius 3 is 1.73 bits per heavy atom. The van der Waals surface area contributed by atoms with Crippen LogP contribution in [-0.2, 0) is 5.11 Å². The van der Waals surface area contributed by atoms with Crippen molar-refractivity contribution in [3.05, 3.63) is 30.3 Å². The summed E-state index contributed by atoms with van der Waals surface area (Å²) in [7, 11) is 0. The third-order valence-corrected chi connectivity index (χ3v) is 5.59. The Bertz CT molecular complexity index is 411. The van der Waals surface area contributed by atoms with Crippen molar-refractivity contribution in [2.45, 2.75) is 115 Å². The predicted octanol–water partition coefficient (Wildman–Crippen LogP) is 7.29. The van der Waals surface area contributed by atoms with Crippen LogP contribution in [0.4, 0.5) is 0 Å². The highest BCUT2D eigenvalue weighted by molar-refractivity contribution is 5.20. The minimum atomic E-state index is -0.304. The molecule has 146 valence electrons. The maximum Gasteiger partial charge on any atom is 0.120 e. The van der Waals surface area contributed by atoms with Crippen LogP contribution in [0.3, 0.4) is 0 Å². The van der Waals surface area contributed by atoms with Crippen LogP contribution in [0.2, 0.25) is 0 Å². The summed E-state index contributed by atoms with van der Waals surface area (Å²) in [6, 6.07) is 11.0. The lowest BCUT2D eigenvalue weighted by Crippen LogP contribution is -2.16. The van der Waals surface area contributed by atoms with Gasteiger partial charge in [-0.2, -0.15) is 0 Å². The van der Waals surface area contributed by atoms with Crippen LogP contribution in [0.5, 0.6) is 5.75 Å². The third-order valence-electron chi connectivity index (χ3n) is 5.59. The molecule has 2 heteroatoms. The first kappa shape index (κ1) is 21.3.